The number of nitrogens with two attached hydrogens (primary N) is 1. The maximum Gasteiger partial charge on any atom is 0.416 e. The Bertz CT molecular complexity index is 517. The van der Waals surface area contributed by atoms with Crippen LogP contribution in [-0.4, -0.2) is 4.98 Å². The molecule has 18 heavy (non-hydrogen) atoms. The standard InChI is InChI=1S/C12H11F3N2S/c13-12(14,15)9-3-1-8(2-4-9)5-10-7-17-11(6-16)18-10/h1-4,7H,5-6,16H2. The van der Waals surface area contributed by atoms with E-state index in [4.69, 9.17) is 5.73 Å². The molecule has 2 N–H and O–H groups in total. The molecule has 0 aliphatic heterocycles. The summed E-state index contributed by atoms with van der Waals surface area (Å²) in [6.07, 6.45) is -1.99. The zero-order valence-electron chi connectivity index (χ0n) is 9.37. The predicted molar refractivity (Wildman–Crippen MR) is 64.3 cm³/mol. The van der Waals surface area contributed by atoms with Crippen molar-refractivity contribution in [3.63, 3.8) is 0 Å². The molecule has 0 aliphatic rings. The van der Waals surface area contributed by atoms with Gasteiger partial charge in [-0.1, -0.05) is 12.1 Å². The van der Waals surface area contributed by atoms with E-state index in [1.807, 2.05) is 0 Å². The van der Waals surface area contributed by atoms with Gasteiger partial charge >= 0.3 is 6.18 Å². The van der Waals surface area contributed by atoms with Gasteiger partial charge in [0.15, 0.2) is 0 Å². The van der Waals surface area contributed by atoms with Crippen LogP contribution in [0.1, 0.15) is 21.0 Å². The summed E-state index contributed by atoms with van der Waals surface area (Å²) >= 11 is 1.48. The molecular formula is C12H11F3N2S. The summed E-state index contributed by atoms with van der Waals surface area (Å²) in [6, 6.07) is 5.18. The summed E-state index contributed by atoms with van der Waals surface area (Å²) in [6.45, 7) is 0.387. The molecule has 2 rings (SSSR count). The van der Waals surface area contributed by atoms with Crippen LogP contribution in [0.3, 0.4) is 0 Å². The largest absolute Gasteiger partial charge is 0.416 e. The van der Waals surface area contributed by atoms with E-state index in [1.165, 1.54) is 23.5 Å². The van der Waals surface area contributed by atoms with Crippen LogP contribution in [0.5, 0.6) is 0 Å². The van der Waals surface area contributed by atoms with Gasteiger partial charge in [0.2, 0.25) is 0 Å². The van der Waals surface area contributed by atoms with E-state index in [2.05, 4.69) is 4.98 Å². The lowest BCUT2D eigenvalue weighted by atomic mass is 10.1. The van der Waals surface area contributed by atoms with Gasteiger partial charge in [0.1, 0.15) is 5.01 Å². The first-order valence-corrected chi connectivity index (χ1v) is 6.10. The first-order chi connectivity index (χ1) is 8.49. The highest BCUT2D eigenvalue weighted by molar-refractivity contribution is 7.11. The van der Waals surface area contributed by atoms with Crippen molar-refractivity contribution in [2.75, 3.05) is 0 Å². The van der Waals surface area contributed by atoms with Crippen molar-refractivity contribution in [3.8, 4) is 0 Å². The van der Waals surface area contributed by atoms with Crippen molar-refractivity contribution in [2.45, 2.75) is 19.1 Å². The first-order valence-electron chi connectivity index (χ1n) is 5.29. The number of aromatic nitrogens is 1. The van der Waals surface area contributed by atoms with Crippen LogP contribution in [0.25, 0.3) is 0 Å². The summed E-state index contributed by atoms with van der Waals surface area (Å²) in [7, 11) is 0. The fourth-order valence-electron chi connectivity index (χ4n) is 1.54. The van der Waals surface area contributed by atoms with E-state index >= 15 is 0 Å². The summed E-state index contributed by atoms with van der Waals surface area (Å²) in [5.74, 6) is 0. The molecule has 6 heteroatoms. The van der Waals surface area contributed by atoms with Gasteiger partial charge in [0.05, 0.1) is 5.56 Å². The number of halogens is 3. The molecule has 0 saturated carbocycles. The Morgan fingerprint density at radius 2 is 1.83 bits per heavy atom. The summed E-state index contributed by atoms with van der Waals surface area (Å²) in [5.41, 5.74) is 5.65. The van der Waals surface area contributed by atoms with Gasteiger partial charge in [0.25, 0.3) is 0 Å². The quantitative estimate of drug-likeness (QED) is 0.931. The molecule has 0 bridgehead atoms. The number of rotatable bonds is 3. The minimum Gasteiger partial charge on any atom is -0.325 e. The van der Waals surface area contributed by atoms with Crippen molar-refractivity contribution in [1.29, 1.82) is 0 Å². The zero-order valence-corrected chi connectivity index (χ0v) is 10.2. The van der Waals surface area contributed by atoms with Crippen LogP contribution in [0, 0.1) is 0 Å². The van der Waals surface area contributed by atoms with E-state index < -0.39 is 11.7 Å². The molecule has 1 aromatic carbocycles. The highest BCUT2D eigenvalue weighted by Crippen LogP contribution is 2.29. The Kier molecular flexibility index (Phi) is 3.68. The average Bonchev–Trinajstić information content (AvgIpc) is 2.76. The number of hydrogen-bond donors (Lipinski definition) is 1. The Hall–Kier alpha value is -1.40. The van der Waals surface area contributed by atoms with Crippen molar-refractivity contribution in [2.24, 2.45) is 5.73 Å². The normalized spacial score (nSPS) is 11.8. The van der Waals surface area contributed by atoms with Gasteiger partial charge < -0.3 is 5.73 Å². The fourth-order valence-corrected chi connectivity index (χ4v) is 2.37. The summed E-state index contributed by atoms with van der Waals surface area (Å²) < 4.78 is 37.1. The molecular weight excluding hydrogens is 261 g/mol. The molecule has 1 aromatic heterocycles. The predicted octanol–water partition coefficient (Wildman–Crippen LogP) is 3.21. The molecule has 0 aliphatic carbocycles. The van der Waals surface area contributed by atoms with E-state index in [9.17, 15) is 13.2 Å². The molecule has 2 aromatic rings. The molecule has 0 unspecified atom stereocenters. The molecule has 0 fully saturated rings. The van der Waals surface area contributed by atoms with E-state index in [0.29, 0.717) is 13.0 Å². The molecule has 0 saturated heterocycles. The van der Waals surface area contributed by atoms with Crippen molar-refractivity contribution in [3.05, 3.63) is 51.5 Å². The van der Waals surface area contributed by atoms with Gasteiger partial charge in [-0.15, -0.1) is 11.3 Å². The second-order valence-corrected chi connectivity index (χ2v) is 5.00. The van der Waals surface area contributed by atoms with Crippen LogP contribution < -0.4 is 5.73 Å². The molecule has 0 radical (unpaired) electrons. The lowest BCUT2D eigenvalue weighted by molar-refractivity contribution is -0.137. The van der Waals surface area contributed by atoms with Gasteiger partial charge in [-0.05, 0) is 17.7 Å². The highest BCUT2D eigenvalue weighted by Gasteiger charge is 2.29. The second-order valence-electron chi connectivity index (χ2n) is 3.80. The van der Waals surface area contributed by atoms with Crippen molar-refractivity contribution in [1.82, 2.24) is 4.98 Å². The third-order valence-corrected chi connectivity index (χ3v) is 3.46. The number of nitrogens with zero attached hydrogens (tertiary/aromatic N) is 1. The topological polar surface area (TPSA) is 38.9 Å². The molecule has 2 nitrogen and oxygen atoms in total. The minimum atomic E-state index is -4.28. The SMILES string of the molecule is NCc1ncc(Cc2ccc(C(F)(F)F)cc2)s1. The number of hydrogen-bond acceptors (Lipinski definition) is 3. The minimum absolute atomic E-state index is 0.387. The number of alkyl halides is 3. The molecule has 0 spiro atoms. The van der Waals surface area contributed by atoms with Crippen LogP contribution >= 0.6 is 11.3 Å². The lowest BCUT2D eigenvalue weighted by Crippen LogP contribution is -2.04. The Balaban J connectivity index is 2.11. The van der Waals surface area contributed by atoms with Gasteiger partial charge in [-0.25, -0.2) is 4.98 Å². The highest BCUT2D eigenvalue weighted by atomic mass is 32.1. The third kappa shape index (κ3) is 3.08. The third-order valence-electron chi connectivity index (χ3n) is 2.44. The fraction of sp³-hybridized carbons (Fsp3) is 0.250. The Morgan fingerprint density at radius 1 is 1.17 bits per heavy atom. The van der Waals surface area contributed by atoms with E-state index in [0.717, 1.165) is 27.6 Å². The van der Waals surface area contributed by atoms with Crippen LogP contribution in [0.2, 0.25) is 0 Å². The van der Waals surface area contributed by atoms with E-state index in [-0.39, 0.29) is 0 Å². The van der Waals surface area contributed by atoms with E-state index in [1.54, 1.807) is 6.20 Å². The monoisotopic (exact) mass is 272 g/mol. The maximum atomic E-state index is 12.4. The van der Waals surface area contributed by atoms with Crippen molar-refractivity contribution < 1.29 is 13.2 Å². The average molecular weight is 272 g/mol. The van der Waals surface area contributed by atoms with Crippen LogP contribution in [0.4, 0.5) is 13.2 Å². The smallest absolute Gasteiger partial charge is 0.325 e. The Morgan fingerprint density at radius 3 is 2.33 bits per heavy atom. The number of benzene rings is 1. The zero-order chi connectivity index (χ0) is 13.2. The van der Waals surface area contributed by atoms with Crippen molar-refractivity contribution >= 4 is 11.3 Å². The van der Waals surface area contributed by atoms with Gasteiger partial charge in [-0.2, -0.15) is 13.2 Å². The lowest BCUT2D eigenvalue weighted by Gasteiger charge is -2.06. The van der Waals surface area contributed by atoms with Crippen LogP contribution in [-0.2, 0) is 19.1 Å². The first kappa shape index (κ1) is 13.0. The van der Waals surface area contributed by atoms with Crippen LogP contribution in [0.15, 0.2) is 30.5 Å². The maximum absolute atomic E-state index is 12.4. The van der Waals surface area contributed by atoms with Gasteiger partial charge in [0, 0.05) is 24.0 Å². The molecule has 0 amide bonds. The summed E-state index contributed by atoms with van der Waals surface area (Å²) in [5, 5.41) is 0.830. The molecule has 96 valence electrons. The number of thiazole rings is 1. The Labute approximate surface area is 106 Å². The second kappa shape index (κ2) is 5.07. The molecule has 1 heterocycles. The summed E-state index contributed by atoms with van der Waals surface area (Å²) in [4.78, 5) is 5.10. The van der Waals surface area contributed by atoms with Gasteiger partial charge in [-0.3, -0.25) is 0 Å². The molecule has 0 atom stereocenters.